The van der Waals surface area contributed by atoms with Gasteiger partial charge in [0.2, 0.25) is 9.84 Å². The van der Waals surface area contributed by atoms with E-state index in [1.54, 1.807) is 19.1 Å². The monoisotopic (exact) mass is 479 g/mol. The molecule has 0 radical (unpaired) electrons. The molecule has 2 N–H and O–H groups in total. The first kappa shape index (κ1) is 23.6. The van der Waals surface area contributed by atoms with Gasteiger partial charge in [0.1, 0.15) is 20.9 Å². The number of halogens is 3. The van der Waals surface area contributed by atoms with Crippen molar-refractivity contribution in [1.29, 1.82) is 5.26 Å². The van der Waals surface area contributed by atoms with Crippen LogP contribution in [-0.4, -0.2) is 13.0 Å². The number of rotatable bonds is 5. The Morgan fingerprint density at radius 3 is 2.44 bits per heavy atom. The highest BCUT2D eigenvalue weighted by atomic mass is 32.2. The zero-order valence-electron chi connectivity index (χ0n) is 17.4. The molecule has 168 valence electrons. The number of allylic oxidation sites excluding steroid dienone is 1. The Hall–Kier alpha value is -3.03. The maximum Gasteiger partial charge on any atom is 0.418 e. The quantitative estimate of drug-likeness (QED) is 0.461. The summed E-state index contributed by atoms with van der Waals surface area (Å²) in [6.07, 6.45) is -3.39. The molecule has 0 bridgehead atoms. The Bertz CT molecular complexity index is 1340. The molecule has 0 unspecified atom stereocenters. The van der Waals surface area contributed by atoms with Crippen LogP contribution >= 0.6 is 11.3 Å². The molecule has 0 saturated heterocycles. The largest absolute Gasteiger partial charge is 0.418 e. The molecule has 3 aromatic rings. The van der Waals surface area contributed by atoms with Crippen molar-refractivity contribution in [2.24, 2.45) is 0 Å². The molecule has 32 heavy (non-hydrogen) atoms. The van der Waals surface area contributed by atoms with E-state index in [1.807, 2.05) is 13.8 Å². The minimum atomic E-state index is -4.57. The maximum atomic E-state index is 13.7. The van der Waals surface area contributed by atoms with Crippen molar-refractivity contribution in [1.82, 2.24) is 4.57 Å². The molecule has 0 amide bonds. The number of aromatic nitrogens is 1. The molecule has 3 rings (SSSR count). The third kappa shape index (κ3) is 4.18. The lowest BCUT2D eigenvalue weighted by Gasteiger charge is -2.19. The van der Waals surface area contributed by atoms with Crippen LogP contribution in [0.3, 0.4) is 0 Å². The van der Waals surface area contributed by atoms with Crippen LogP contribution in [-0.2, 0) is 16.0 Å². The minimum Gasteiger partial charge on any atom is -0.390 e. The first-order valence-electron chi connectivity index (χ1n) is 9.48. The average molecular weight is 480 g/mol. The van der Waals surface area contributed by atoms with Crippen molar-refractivity contribution in [2.75, 3.05) is 5.73 Å². The van der Waals surface area contributed by atoms with Gasteiger partial charge in [-0.25, -0.2) is 8.42 Å². The van der Waals surface area contributed by atoms with E-state index in [-0.39, 0.29) is 21.5 Å². The van der Waals surface area contributed by atoms with Crippen molar-refractivity contribution in [3.05, 3.63) is 69.2 Å². The zero-order chi connectivity index (χ0) is 23.8. The summed E-state index contributed by atoms with van der Waals surface area (Å²) in [6, 6.07) is 9.81. The third-order valence-corrected chi connectivity index (χ3v) is 7.59. The topological polar surface area (TPSA) is 88.9 Å². The molecule has 0 spiro atoms. The Morgan fingerprint density at radius 1 is 1.25 bits per heavy atom. The summed E-state index contributed by atoms with van der Waals surface area (Å²) in [5, 5.41) is 11.1. The first-order chi connectivity index (χ1) is 14.9. The maximum absolute atomic E-state index is 13.7. The lowest BCUT2D eigenvalue weighted by atomic mass is 10.1. The smallest absolute Gasteiger partial charge is 0.390 e. The summed E-state index contributed by atoms with van der Waals surface area (Å²) >= 11 is 1.03. The van der Waals surface area contributed by atoms with Gasteiger partial charge in [-0.15, -0.1) is 11.3 Å². The predicted molar refractivity (Wildman–Crippen MR) is 119 cm³/mol. The molecule has 2 heterocycles. The highest BCUT2D eigenvalue weighted by molar-refractivity contribution is 7.96. The summed E-state index contributed by atoms with van der Waals surface area (Å²) in [7, 11) is -4.18. The molecule has 5 nitrogen and oxygen atoms in total. The van der Waals surface area contributed by atoms with E-state index in [4.69, 9.17) is 5.73 Å². The number of nitrogens with zero attached hydrogens (tertiary/aromatic N) is 2. The number of nitrogens with two attached hydrogens (primary N) is 1. The van der Waals surface area contributed by atoms with Gasteiger partial charge in [-0.2, -0.15) is 18.4 Å². The van der Waals surface area contributed by atoms with Crippen LogP contribution in [0.1, 0.15) is 42.3 Å². The molecule has 0 aliphatic heterocycles. The fraction of sp³-hybridized carbons (Fsp3) is 0.227. The summed E-state index contributed by atoms with van der Waals surface area (Å²) < 4.78 is 68.3. The van der Waals surface area contributed by atoms with Gasteiger partial charge in [0.15, 0.2) is 0 Å². The number of nitriles is 1. The van der Waals surface area contributed by atoms with E-state index in [0.29, 0.717) is 17.0 Å². The van der Waals surface area contributed by atoms with Gasteiger partial charge < -0.3 is 10.3 Å². The fourth-order valence-corrected chi connectivity index (χ4v) is 5.66. The van der Waals surface area contributed by atoms with Crippen molar-refractivity contribution < 1.29 is 21.6 Å². The first-order valence-corrected chi connectivity index (χ1v) is 11.8. The van der Waals surface area contributed by atoms with Crippen LogP contribution in [0.2, 0.25) is 0 Å². The van der Waals surface area contributed by atoms with Gasteiger partial charge in [-0.05, 0) is 54.1 Å². The van der Waals surface area contributed by atoms with Crippen LogP contribution in [0.15, 0.2) is 51.6 Å². The molecule has 2 aromatic heterocycles. The molecular weight excluding hydrogens is 459 g/mol. The number of thiophene rings is 1. The minimum absolute atomic E-state index is 0.0578. The Kier molecular flexibility index (Phi) is 6.26. The van der Waals surface area contributed by atoms with Crippen LogP contribution in [0.25, 0.3) is 11.8 Å². The second-order valence-electron chi connectivity index (χ2n) is 7.39. The van der Waals surface area contributed by atoms with Gasteiger partial charge in [0.05, 0.1) is 11.3 Å². The zero-order valence-corrected chi connectivity index (χ0v) is 19.1. The van der Waals surface area contributed by atoms with Crippen LogP contribution in [0, 0.1) is 18.3 Å². The van der Waals surface area contributed by atoms with E-state index in [9.17, 15) is 26.9 Å². The number of hydrogen-bond acceptors (Lipinski definition) is 5. The standard InChI is InChI=1S/C22H20F3N3O2S2/c1-13(2)19-11-15(10-16(12-26)32(29,30)20-8-9-31-21(20)27)14(3)28(19)18-7-5-4-6-17(18)22(23,24)25/h4-11,13H,27H2,1-3H3/b16-10+. The van der Waals surface area contributed by atoms with E-state index < -0.39 is 26.5 Å². The number of para-hydroxylation sites is 1. The molecule has 10 heteroatoms. The molecule has 0 saturated carbocycles. The molecule has 0 atom stereocenters. The van der Waals surface area contributed by atoms with Crippen molar-refractivity contribution in [2.45, 2.75) is 37.8 Å². The van der Waals surface area contributed by atoms with E-state index in [2.05, 4.69) is 0 Å². The number of nitrogen functional groups attached to an aromatic ring is 1. The summed E-state index contributed by atoms with van der Waals surface area (Å²) in [6.45, 7) is 5.23. The molecule has 0 fully saturated rings. The fourth-order valence-electron chi connectivity index (χ4n) is 3.41. The molecular formula is C22H20F3N3O2S2. The lowest BCUT2D eigenvalue weighted by Crippen LogP contribution is -2.13. The second kappa shape index (κ2) is 8.48. The van der Waals surface area contributed by atoms with Crippen LogP contribution in [0.4, 0.5) is 18.2 Å². The second-order valence-corrected chi connectivity index (χ2v) is 10.2. The van der Waals surface area contributed by atoms with E-state index in [0.717, 1.165) is 17.4 Å². The summed E-state index contributed by atoms with van der Waals surface area (Å²) in [5.41, 5.74) is 6.13. The van der Waals surface area contributed by atoms with Gasteiger partial charge in [0, 0.05) is 11.4 Å². The van der Waals surface area contributed by atoms with Gasteiger partial charge in [-0.3, -0.25) is 0 Å². The summed E-state index contributed by atoms with van der Waals surface area (Å²) in [4.78, 5) is -0.707. The van der Waals surface area contributed by atoms with Crippen molar-refractivity contribution >= 4 is 32.3 Å². The molecule has 0 aliphatic rings. The number of anilines is 1. The normalized spacial score (nSPS) is 12.9. The molecule has 1 aromatic carbocycles. The predicted octanol–water partition coefficient (Wildman–Crippen LogP) is 5.91. The van der Waals surface area contributed by atoms with Gasteiger partial charge >= 0.3 is 6.18 Å². The van der Waals surface area contributed by atoms with Gasteiger partial charge in [0.25, 0.3) is 0 Å². The van der Waals surface area contributed by atoms with Crippen molar-refractivity contribution in [3.8, 4) is 11.8 Å². The average Bonchev–Trinajstić information content (AvgIpc) is 3.29. The van der Waals surface area contributed by atoms with E-state index >= 15 is 0 Å². The SMILES string of the molecule is Cc1c(/C=C(\C#N)S(=O)(=O)c2ccsc2N)cc(C(C)C)n1-c1ccccc1C(F)(F)F. The number of sulfone groups is 1. The Morgan fingerprint density at radius 2 is 1.91 bits per heavy atom. The molecule has 0 aliphatic carbocycles. The Balaban J connectivity index is 2.26. The lowest BCUT2D eigenvalue weighted by molar-refractivity contribution is -0.137. The van der Waals surface area contributed by atoms with Crippen molar-refractivity contribution in [3.63, 3.8) is 0 Å². The number of alkyl halides is 3. The van der Waals surface area contributed by atoms with Crippen LogP contribution in [0.5, 0.6) is 0 Å². The number of benzene rings is 1. The Labute approximate surface area is 188 Å². The summed E-state index contributed by atoms with van der Waals surface area (Å²) in [5.74, 6) is -0.174. The highest BCUT2D eigenvalue weighted by Crippen LogP contribution is 2.37. The highest BCUT2D eigenvalue weighted by Gasteiger charge is 2.35. The van der Waals surface area contributed by atoms with Gasteiger partial charge in [-0.1, -0.05) is 26.0 Å². The third-order valence-electron chi connectivity index (χ3n) is 4.99. The number of hydrogen-bond donors (Lipinski definition) is 1. The van der Waals surface area contributed by atoms with E-state index in [1.165, 1.54) is 40.3 Å². The van der Waals surface area contributed by atoms with Crippen LogP contribution < -0.4 is 5.73 Å².